The maximum atomic E-state index is 12.3. The molecular weight excluding hydrogens is 308 g/mol. The van der Waals surface area contributed by atoms with Crippen molar-refractivity contribution >= 4 is 28.4 Å². The molecular formula is C15H21ClN2O2S. The van der Waals surface area contributed by atoms with Crippen molar-refractivity contribution in [1.82, 2.24) is 10.2 Å². The van der Waals surface area contributed by atoms with E-state index < -0.39 is 10.8 Å². The number of amides is 2. The molecule has 2 amide bonds. The van der Waals surface area contributed by atoms with Crippen molar-refractivity contribution in [2.24, 2.45) is 0 Å². The lowest BCUT2D eigenvalue weighted by molar-refractivity contribution is 0.183. The fourth-order valence-electron chi connectivity index (χ4n) is 2.46. The maximum Gasteiger partial charge on any atom is 0.317 e. The van der Waals surface area contributed by atoms with Crippen LogP contribution in [-0.2, 0) is 10.8 Å². The fourth-order valence-corrected chi connectivity index (χ4v) is 3.86. The summed E-state index contributed by atoms with van der Waals surface area (Å²) < 4.78 is 11.4. The van der Waals surface area contributed by atoms with Crippen LogP contribution in [0, 0.1) is 0 Å². The lowest BCUT2D eigenvalue weighted by atomic mass is 10.1. The normalized spacial score (nSPS) is 23.4. The smallest absolute Gasteiger partial charge is 0.317 e. The third-order valence-electron chi connectivity index (χ3n) is 3.94. The van der Waals surface area contributed by atoms with Crippen molar-refractivity contribution in [1.29, 1.82) is 0 Å². The monoisotopic (exact) mass is 328 g/mol. The van der Waals surface area contributed by atoms with Gasteiger partial charge in [0.05, 0.1) is 6.04 Å². The molecule has 1 saturated heterocycles. The summed E-state index contributed by atoms with van der Waals surface area (Å²) >= 11 is 5.87. The first kappa shape index (κ1) is 16.3. The van der Waals surface area contributed by atoms with E-state index in [1.165, 1.54) is 0 Å². The van der Waals surface area contributed by atoms with Crippen molar-refractivity contribution in [2.75, 3.05) is 18.6 Å². The zero-order valence-corrected chi connectivity index (χ0v) is 13.9. The molecule has 1 atom stereocenters. The average Bonchev–Trinajstić information content (AvgIpc) is 2.47. The Morgan fingerprint density at radius 1 is 1.33 bits per heavy atom. The first-order valence-corrected chi connectivity index (χ1v) is 8.97. The summed E-state index contributed by atoms with van der Waals surface area (Å²) in [7, 11) is 1.10. The number of urea groups is 1. The van der Waals surface area contributed by atoms with Crippen LogP contribution in [0.25, 0.3) is 0 Å². The number of carbonyl (C=O) groups is 1. The van der Waals surface area contributed by atoms with E-state index >= 15 is 0 Å². The van der Waals surface area contributed by atoms with Crippen LogP contribution in [0.4, 0.5) is 4.79 Å². The number of nitrogens with zero attached hydrogens (tertiary/aromatic N) is 1. The molecule has 1 aromatic rings. The van der Waals surface area contributed by atoms with Crippen molar-refractivity contribution in [3.63, 3.8) is 0 Å². The topological polar surface area (TPSA) is 49.4 Å². The van der Waals surface area contributed by atoms with Crippen LogP contribution in [0.15, 0.2) is 24.3 Å². The highest BCUT2D eigenvalue weighted by atomic mass is 35.5. The van der Waals surface area contributed by atoms with Gasteiger partial charge in [-0.15, -0.1) is 0 Å². The average molecular weight is 329 g/mol. The number of benzene rings is 1. The van der Waals surface area contributed by atoms with Gasteiger partial charge in [-0.3, -0.25) is 4.21 Å². The molecule has 0 aromatic heterocycles. The van der Waals surface area contributed by atoms with Gasteiger partial charge >= 0.3 is 6.03 Å². The number of carbonyl (C=O) groups excluding carboxylic acids is 1. The summed E-state index contributed by atoms with van der Waals surface area (Å²) in [6, 6.07) is 7.48. The number of rotatable bonds is 3. The first-order chi connectivity index (χ1) is 9.97. The quantitative estimate of drug-likeness (QED) is 0.927. The molecule has 1 aromatic carbocycles. The summed E-state index contributed by atoms with van der Waals surface area (Å²) in [5, 5.41) is 3.68. The minimum atomic E-state index is -0.704. The number of nitrogens with one attached hydrogen (secondary N) is 1. The molecule has 21 heavy (non-hydrogen) atoms. The number of halogens is 1. The third-order valence-corrected chi connectivity index (χ3v) is 5.57. The van der Waals surface area contributed by atoms with Crippen LogP contribution in [0.5, 0.6) is 0 Å². The summed E-state index contributed by atoms with van der Waals surface area (Å²) in [5.41, 5.74) is 1.02. The largest absolute Gasteiger partial charge is 0.331 e. The first-order valence-electron chi connectivity index (χ1n) is 7.11. The Morgan fingerprint density at radius 3 is 2.48 bits per heavy atom. The molecule has 6 heteroatoms. The minimum absolute atomic E-state index is 0.0741. The highest BCUT2D eigenvalue weighted by Crippen LogP contribution is 2.18. The van der Waals surface area contributed by atoms with Crippen molar-refractivity contribution < 1.29 is 9.00 Å². The van der Waals surface area contributed by atoms with Gasteiger partial charge in [0.25, 0.3) is 0 Å². The second kappa shape index (κ2) is 7.27. The molecule has 1 fully saturated rings. The van der Waals surface area contributed by atoms with E-state index in [1.54, 1.807) is 4.90 Å². The molecule has 1 aliphatic heterocycles. The summed E-state index contributed by atoms with van der Waals surface area (Å²) in [6.07, 6.45) is 1.62. The van der Waals surface area contributed by atoms with Gasteiger partial charge in [0.15, 0.2) is 0 Å². The van der Waals surface area contributed by atoms with Gasteiger partial charge < -0.3 is 10.2 Å². The molecule has 0 bridgehead atoms. The Balaban J connectivity index is 1.91. The van der Waals surface area contributed by atoms with E-state index in [9.17, 15) is 9.00 Å². The van der Waals surface area contributed by atoms with Gasteiger partial charge in [-0.2, -0.15) is 0 Å². The SMILES string of the molecule is CC(NC(=O)N(C)C1CCS(=O)CC1)c1ccc(Cl)cc1. The van der Waals surface area contributed by atoms with E-state index in [1.807, 2.05) is 38.2 Å². The molecule has 1 heterocycles. The summed E-state index contributed by atoms with van der Waals surface area (Å²) in [5.74, 6) is 1.38. The molecule has 116 valence electrons. The number of hydrogen-bond acceptors (Lipinski definition) is 2. The summed E-state index contributed by atoms with van der Waals surface area (Å²) in [4.78, 5) is 14.0. The van der Waals surface area contributed by atoms with E-state index in [2.05, 4.69) is 5.32 Å². The Hall–Kier alpha value is -1.07. The van der Waals surface area contributed by atoms with Gasteiger partial charge in [-0.1, -0.05) is 23.7 Å². The molecule has 1 unspecified atom stereocenters. The zero-order chi connectivity index (χ0) is 15.4. The molecule has 1 aliphatic rings. The molecule has 0 aliphatic carbocycles. The molecule has 2 rings (SSSR count). The predicted molar refractivity (Wildman–Crippen MR) is 87.1 cm³/mol. The third kappa shape index (κ3) is 4.45. The molecule has 1 N–H and O–H groups in total. The molecule has 4 nitrogen and oxygen atoms in total. The highest BCUT2D eigenvalue weighted by Gasteiger charge is 2.25. The lowest BCUT2D eigenvalue weighted by Crippen LogP contribution is -2.46. The van der Waals surface area contributed by atoms with Crippen molar-refractivity contribution in [3.05, 3.63) is 34.9 Å². The van der Waals surface area contributed by atoms with Crippen molar-refractivity contribution in [3.8, 4) is 0 Å². The Labute approximate surface area is 133 Å². The summed E-state index contributed by atoms with van der Waals surface area (Å²) in [6.45, 7) is 1.95. The second-order valence-corrected chi connectivity index (χ2v) is 7.55. The van der Waals surface area contributed by atoms with Crippen LogP contribution < -0.4 is 5.32 Å². The van der Waals surface area contributed by atoms with E-state index in [0.29, 0.717) is 16.5 Å². The molecule has 0 radical (unpaired) electrons. The van der Waals surface area contributed by atoms with Gasteiger partial charge in [-0.25, -0.2) is 4.79 Å². The Kier molecular flexibility index (Phi) is 5.65. The van der Waals surface area contributed by atoms with Crippen LogP contribution >= 0.6 is 11.6 Å². The molecule has 0 spiro atoms. The Morgan fingerprint density at radius 2 is 1.90 bits per heavy atom. The second-order valence-electron chi connectivity index (χ2n) is 5.41. The zero-order valence-electron chi connectivity index (χ0n) is 12.3. The highest BCUT2D eigenvalue weighted by molar-refractivity contribution is 7.85. The van der Waals surface area contributed by atoms with Crippen LogP contribution in [0.2, 0.25) is 5.02 Å². The van der Waals surface area contributed by atoms with Gasteiger partial charge in [0.1, 0.15) is 0 Å². The fraction of sp³-hybridized carbons (Fsp3) is 0.533. The van der Waals surface area contributed by atoms with E-state index in [0.717, 1.165) is 18.4 Å². The van der Waals surface area contributed by atoms with Gasteiger partial charge in [0, 0.05) is 40.4 Å². The van der Waals surface area contributed by atoms with Crippen molar-refractivity contribution in [2.45, 2.75) is 31.8 Å². The number of hydrogen-bond donors (Lipinski definition) is 1. The van der Waals surface area contributed by atoms with Crippen LogP contribution in [-0.4, -0.2) is 39.7 Å². The standard InChI is InChI=1S/C15H21ClN2O2S/c1-11(12-3-5-13(16)6-4-12)17-15(19)18(2)14-7-9-21(20)10-8-14/h3-6,11,14H,7-10H2,1-2H3,(H,17,19). The molecule has 0 saturated carbocycles. The predicted octanol–water partition coefficient (Wildman–Crippen LogP) is 2.95. The van der Waals surface area contributed by atoms with Gasteiger partial charge in [-0.05, 0) is 37.5 Å². The van der Waals surface area contributed by atoms with Crippen LogP contribution in [0.3, 0.4) is 0 Å². The Bertz CT molecular complexity index is 511. The van der Waals surface area contributed by atoms with Crippen LogP contribution in [0.1, 0.15) is 31.4 Å². The van der Waals surface area contributed by atoms with E-state index in [-0.39, 0.29) is 18.1 Å². The van der Waals surface area contributed by atoms with Gasteiger partial charge in [0.2, 0.25) is 0 Å². The maximum absolute atomic E-state index is 12.3. The van der Waals surface area contributed by atoms with E-state index in [4.69, 9.17) is 11.6 Å². The lowest BCUT2D eigenvalue weighted by Gasteiger charge is -2.32. The minimum Gasteiger partial charge on any atom is -0.331 e.